The van der Waals surface area contributed by atoms with Gasteiger partial charge in [-0.25, -0.2) is 0 Å². The smallest absolute Gasteiger partial charge is 0.416 e. The highest BCUT2D eigenvalue weighted by molar-refractivity contribution is 6.46. The van der Waals surface area contributed by atoms with Crippen molar-refractivity contribution in [1.29, 1.82) is 0 Å². The van der Waals surface area contributed by atoms with Gasteiger partial charge in [-0.15, -0.1) is 0 Å². The van der Waals surface area contributed by atoms with Gasteiger partial charge >= 0.3 is 6.18 Å². The molecule has 6 nitrogen and oxygen atoms in total. The molecule has 3 aromatic rings. The van der Waals surface area contributed by atoms with Crippen LogP contribution in [0, 0.1) is 0 Å². The summed E-state index contributed by atoms with van der Waals surface area (Å²) < 4.78 is 44.7. The lowest BCUT2D eigenvalue weighted by Gasteiger charge is -2.25. The number of hydrogen-bond acceptors (Lipinski definition) is 5. The Hall–Kier alpha value is -3.85. The minimum absolute atomic E-state index is 0.161. The molecule has 35 heavy (non-hydrogen) atoms. The van der Waals surface area contributed by atoms with Gasteiger partial charge in [0.1, 0.15) is 17.6 Å². The molecule has 10 heteroatoms. The average molecular weight is 503 g/mol. The fourth-order valence-corrected chi connectivity index (χ4v) is 4.16. The number of nitrogens with zero attached hydrogens (tertiary/aromatic N) is 2. The number of aromatic nitrogens is 1. The number of Topliss-reactive ketones (excluding diaryl/α,β-unsaturated/α-hetero) is 1. The van der Waals surface area contributed by atoms with Gasteiger partial charge < -0.3 is 14.7 Å². The summed E-state index contributed by atoms with van der Waals surface area (Å²) in [6.07, 6.45) is -3.12. The standard InChI is InChI=1S/C25H18ClF3N2O4/c1-35-19-9-8-15(12-17(19)26)22(32)20-21(18-7-2-3-10-30-18)31(24(34)23(20)33)13-14-5-4-6-16(11-14)25(27,28)29/h2-12,21,32H,13H2,1H3/b22-20+. The highest BCUT2D eigenvalue weighted by Crippen LogP contribution is 2.40. The summed E-state index contributed by atoms with van der Waals surface area (Å²) in [4.78, 5) is 31.4. The second-order valence-electron chi connectivity index (χ2n) is 7.73. The highest BCUT2D eigenvalue weighted by atomic mass is 35.5. The van der Waals surface area contributed by atoms with E-state index in [-0.39, 0.29) is 34.0 Å². The van der Waals surface area contributed by atoms with Crippen LogP contribution in [0.4, 0.5) is 13.2 Å². The molecule has 1 aromatic heterocycles. The molecule has 2 heterocycles. The van der Waals surface area contributed by atoms with Crippen molar-refractivity contribution in [3.63, 3.8) is 0 Å². The van der Waals surface area contributed by atoms with Gasteiger partial charge in [0.25, 0.3) is 11.7 Å². The van der Waals surface area contributed by atoms with E-state index >= 15 is 0 Å². The Kier molecular flexibility index (Phi) is 6.53. The summed E-state index contributed by atoms with van der Waals surface area (Å²) in [7, 11) is 1.42. The molecule has 1 aliphatic heterocycles. The average Bonchev–Trinajstić information content (AvgIpc) is 3.08. The molecular formula is C25H18ClF3N2O4. The zero-order valence-electron chi connectivity index (χ0n) is 18.2. The van der Waals surface area contributed by atoms with Gasteiger partial charge in [0.2, 0.25) is 0 Å². The van der Waals surface area contributed by atoms with Crippen LogP contribution in [0.5, 0.6) is 5.75 Å². The summed E-state index contributed by atoms with van der Waals surface area (Å²) in [5.74, 6) is -2.11. The highest BCUT2D eigenvalue weighted by Gasteiger charge is 2.47. The lowest BCUT2D eigenvalue weighted by Crippen LogP contribution is -2.29. The topological polar surface area (TPSA) is 79.7 Å². The van der Waals surface area contributed by atoms with E-state index in [1.54, 1.807) is 18.2 Å². The molecule has 1 aliphatic rings. The predicted octanol–water partition coefficient (Wildman–Crippen LogP) is 5.38. The van der Waals surface area contributed by atoms with E-state index in [0.717, 1.165) is 17.0 Å². The normalized spacial score (nSPS) is 17.6. The van der Waals surface area contributed by atoms with Crippen LogP contribution in [0.3, 0.4) is 0 Å². The first-order chi connectivity index (χ1) is 16.6. The number of benzene rings is 2. The number of likely N-dealkylation sites (tertiary alicyclic amines) is 1. The Morgan fingerprint density at radius 3 is 2.51 bits per heavy atom. The second-order valence-corrected chi connectivity index (χ2v) is 8.14. The molecule has 2 aromatic carbocycles. The van der Waals surface area contributed by atoms with Gasteiger partial charge in [0, 0.05) is 18.3 Å². The fraction of sp³-hybridized carbons (Fsp3) is 0.160. The first kappa shape index (κ1) is 24.3. The maximum atomic E-state index is 13.2. The first-order valence-corrected chi connectivity index (χ1v) is 10.7. The Morgan fingerprint density at radius 2 is 1.89 bits per heavy atom. The number of amides is 1. The molecule has 1 fully saturated rings. The van der Waals surface area contributed by atoms with Crippen LogP contribution in [0.2, 0.25) is 5.02 Å². The van der Waals surface area contributed by atoms with E-state index in [1.807, 2.05) is 0 Å². The monoisotopic (exact) mass is 502 g/mol. The summed E-state index contributed by atoms with van der Waals surface area (Å²) in [6.45, 7) is -0.310. The number of ketones is 1. The molecule has 0 aliphatic carbocycles. The van der Waals surface area contributed by atoms with Gasteiger partial charge in [-0.05, 0) is 48.0 Å². The van der Waals surface area contributed by atoms with E-state index in [0.29, 0.717) is 5.75 Å². The molecule has 1 unspecified atom stereocenters. The Labute approximate surface area is 203 Å². The zero-order chi connectivity index (χ0) is 25.3. The van der Waals surface area contributed by atoms with Crippen LogP contribution >= 0.6 is 11.6 Å². The van der Waals surface area contributed by atoms with Crippen molar-refractivity contribution in [2.24, 2.45) is 0 Å². The quantitative estimate of drug-likeness (QED) is 0.288. The minimum atomic E-state index is -4.57. The summed E-state index contributed by atoms with van der Waals surface area (Å²) in [6, 6.07) is 12.5. The SMILES string of the molecule is COc1ccc(/C(O)=C2\C(=O)C(=O)N(Cc3cccc(C(F)(F)F)c3)C2c2ccccn2)cc1Cl. The summed E-state index contributed by atoms with van der Waals surface area (Å²) in [5, 5.41) is 11.2. The van der Waals surface area contributed by atoms with E-state index in [9.17, 15) is 27.9 Å². The van der Waals surface area contributed by atoms with Crippen molar-refractivity contribution < 1.29 is 32.6 Å². The molecule has 1 N–H and O–H groups in total. The van der Waals surface area contributed by atoms with Crippen LogP contribution in [0.15, 0.2) is 72.4 Å². The number of methoxy groups -OCH3 is 1. The number of hydrogen-bond donors (Lipinski definition) is 1. The molecule has 180 valence electrons. The van der Waals surface area contributed by atoms with Gasteiger partial charge in [0.15, 0.2) is 0 Å². The van der Waals surface area contributed by atoms with Gasteiger partial charge in [-0.3, -0.25) is 14.6 Å². The Bertz CT molecular complexity index is 1330. The number of halogens is 4. The van der Waals surface area contributed by atoms with Crippen molar-refractivity contribution in [2.75, 3.05) is 7.11 Å². The summed E-state index contributed by atoms with van der Waals surface area (Å²) in [5.41, 5.74) is -0.542. The third-order valence-corrected chi connectivity index (χ3v) is 5.84. The van der Waals surface area contributed by atoms with Crippen LogP contribution in [-0.4, -0.2) is 33.8 Å². The largest absolute Gasteiger partial charge is 0.507 e. The Balaban J connectivity index is 1.83. The van der Waals surface area contributed by atoms with Crippen LogP contribution < -0.4 is 4.74 Å². The molecular weight excluding hydrogens is 485 g/mol. The van der Waals surface area contributed by atoms with Crippen LogP contribution in [0.1, 0.15) is 28.4 Å². The Morgan fingerprint density at radius 1 is 1.11 bits per heavy atom. The molecule has 1 atom stereocenters. The van der Waals surface area contributed by atoms with E-state index in [2.05, 4.69) is 4.98 Å². The lowest BCUT2D eigenvalue weighted by molar-refractivity contribution is -0.140. The molecule has 0 bridgehead atoms. The number of pyridine rings is 1. The fourth-order valence-electron chi connectivity index (χ4n) is 3.90. The number of aliphatic hydroxyl groups excluding tert-OH is 1. The zero-order valence-corrected chi connectivity index (χ0v) is 19.0. The third kappa shape index (κ3) is 4.72. The lowest BCUT2D eigenvalue weighted by atomic mass is 9.98. The number of alkyl halides is 3. The summed E-state index contributed by atoms with van der Waals surface area (Å²) >= 11 is 6.16. The van der Waals surface area contributed by atoms with Gasteiger partial charge in [0.05, 0.1) is 29.0 Å². The second kappa shape index (κ2) is 9.42. The first-order valence-electron chi connectivity index (χ1n) is 10.3. The van der Waals surface area contributed by atoms with Crippen LogP contribution in [-0.2, 0) is 22.3 Å². The minimum Gasteiger partial charge on any atom is -0.507 e. The number of ether oxygens (including phenoxy) is 1. The van der Waals surface area contributed by atoms with Crippen LogP contribution in [0.25, 0.3) is 5.76 Å². The van der Waals surface area contributed by atoms with E-state index in [4.69, 9.17) is 16.3 Å². The molecule has 4 rings (SSSR count). The van der Waals surface area contributed by atoms with E-state index in [1.165, 1.54) is 43.6 Å². The third-order valence-electron chi connectivity index (χ3n) is 5.54. The van der Waals surface area contributed by atoms with Crippen molar-refractivity contribution in [3.8, 4) is 5.75 Å². The van der Waals surface area contributed by atoms with Gasteiger partial charge in [-0.1, -0.05) is 29.8 Å². The number of carbonyl (C=O) groups is 2. The molecule has 1 amide bonds. The van der Waals surface area contributed by atoms with Crippen molar-refractivity contribution in [2.45, 2.75) is 18.8 Å². The van der Waals surface area contributed by atoms with Crippen molar-refractivity contribution >= 4 is 29.1 Å². The number of aliphatic hydroxyl groups is 1. The van der Waals surface area contributed by atoms with E-state index < -0.39 is 35.2 Å². The molecule has 0 saturated carbocycles. The molecule has 0 spiro atoms. The van der Waals surface area contributed by atoms with Crippen molar-refractivity contribution in [3.05, 3.63) is 99.8 Å². The predicted molar refractivity (Wildman–Crippen MR) is 122 cm³/mol. The number of carbonyl (C=O) groups excluding carboxylic acids is 2. The molecule has 0 radical (unpaired) electrons. The van der Waals surface area contributed by atoms with Gasteiger partial charge in [-0.2, -0.15) is 13.2 Å². The molecule has 1 saturated heterocycles. The number of rotatable bonds is 5. The van der Waals surface area contributed by atoms with Crippen molar-refractivity contribution in [1.82, 2.24) is 9.88 Å². The maximum Gasteiger partial charge on any atom is 0.416 e. The maximum absolute atomic E-state index is 13.2.